The molecule has 0 nitrogen and oxygen atoms in total. The van der Waals surface area contributed by atoms with Gasteiger partial charge in [0.1, 0.15) is 0 Å². The van der Waals surface area contributed by atoms with Gasteiger partial charge in [0.05, 0.1) is 0 Å². The minimum absolute atomic E-state index is 0. The maximum absolute atomic E-state index is 3.06. The van der Waals surface area contributed by atoms with Crippen LogP contribution in [-0.2, 0) is 23.3 Å². The first-order valence-electron chi connectivity index (χ1n) is 15.4. The Morgan fingerprint density at radius 3 is 1.79 bits per heavy atom. The van der Waals surface area contributed by atoms with Crippen molar-refractivity contribution in [3.8, 4) is 22.3 Å². The summed E-state index contributed by atoms with van der Waals surface area (Å²) in [5.74, 6) is 0.575. The van der Waals surface area contributed by atoms with E-state index < -0.39 is 0 Å². The van der Waals surface area contributed by atoms with E-state index in [-0.39, 0.29) is 39.7 Å². The van der Waals surface area contributed by atoms with Crippen LogP contribution < -0.4 is 0 Å². The molecule has 0 fully saturated rings. The zero-order valence-corrected chi connectivity index (χ0v) is 34.9. The van der Waals surface area contributed by atoms with Crippen molar-refractivity contribution in [2.45, 2.75) is 54.4 Å². The van der Waals surface area contributed by atoms with Gasteiger partial charge >= 0.3 is 30.2 Å². The monoisotopic (exact) mass is 764 g/mol. The molecule has 0 spiro atoms. The van der Waals surface area contributed by atoms with E-state index in [1.807, 2.05) is 0 Å². The molecule has 0 aromatic heterocycles. The number of hydrogen-bond donors (Lipinski definition) is 0. The zero-order chi connectivity index (χ0) is 31.5. The summed E-state index contributed by atoms with van der Waals surface area (Å²) in [4.78, 5) is 0. The van der Waals surface area contributed by atoms with E-state index in [1.54, 1.807) is 0 Å². The Labute approximate surface area is 319 Å². The van der Waals surface area contributed by atoms with Gasteiger partial charge in [0, 0.05) is 0 Å². The third-order valence-corrected chi connectivity index (χ3v) is 9.12. The minimum atomic E-state index is 0. The first-order valence-corrected chi connectivity index (χ1v) is 19.6. The molecule has 250 valence electrons. The molecule has 0 aliphatic carbocycles. The molecule has 0 saturated heterocycles. The molecule has 4 heteroatoms. The van der Waals surface area contributed by atoms with Crippen LogP contribution >= 0.6 is 24.8 Å². The molecule has 0 aliphatic rings. The van der Waals surface area contributed by atoms with Gasteiger partial charge in [-0.3, -0.25) is 0 Å². The van der Waals surface area contributed by atoms with Gasteiger partial charge in [-0.25, -0.2) is 0 Å². The van der Waals surface area contributed by atoms with Crippen molar-refractivity contribution in [3.63, 3.8) is 0 Å². The average molecular weight is 767 g/mol. The van der Waals surface area contributed by atoms with Crippen molar-refractivity contribution < 1.29 is 23.3 Å². The van der Waals surface area contributed by atoms with E-state index in [4.69, 9.17) is 0 Å². The Balaban J connectivity index is 0.000000423. The molecule has 7 aromatic rings. The molecule has 0 atom stereocenters. The maximum atomic E-state index is 3.06. The molecule has 0 saturated carbocycles. The van der Waals surface area contributed by atoms with E-state index in [9.17, 15) is 0 Å². The van der Waals surface area contributed by atoms with Crippen LogP contribution in [0.15, 0.2) is 109 Å². The van der Waals surface area contributed by atoms with Crippen molar-refractivity contribution in [1.29, 1.82) is 0 Å². The first kappa shape index (κ1) is 43.3. The molecule has 0 amide bonds. The summed E-state index contributed by atoms with van der Waals surface area (Å²) in [5.41, 5.74) is 13.7. The molecule has 0 bridgehead atoms. The van der Waals surface area contributed by atoms with Gasteiger partial charge in [-0.15, -0.1) is 93.4 Å². The molecule has 48 heavy (non-hydrogen) atoms. The SMILES string of the molecule is Cc1cc2c(-c3cccc4ccccc34)ccc(C)c2[cH-]1.Cc1ccc(-c2cccc3[cH-]c(C(C)C)cc23)c(C)c1C.Cl.Cl.[CH3-].[CH3-].[Si]=[Zr]. The third kappa shape index (κ3) is 8.70. The van der Waals surface area contributed by atoms with E-state index >= 15 is 0 Å². The van der Waals surface area contributed by atoms with Crippen LogP contribution in [0.4, 0.5) is 0 Å². The second kappa shape index (κ2) is 18.9. The predicted molar refractivity (Wildman–Crippen MR) is 218 cm³/mol. The van der Waals surface area contributed by atoms with E-state index in [2.05, 4.69) is 165 Å². The molecule has 2 radical (unpaired) electrons. The number of halogens is 2. The van der Waals surface area contributed by atoms with Gasteiger partial charge < -0.3 is 14.9 Å². The Bertz CT molecular complexity index is 2090. The molecule has 0 unspecified atom stereocenters. The normalized spacial score (nSPS) is 10.1. The Morgan fingerprint density at radius 1 is 0.542 bits per heavy atom. The molecule has 7 rings (SSSR count). The van der Waals surface area contributed by atoms with E-state index in [0.717, 1.165) is 0 Å². The van der Waals surface area contributed by atoms with Crippen molar-refractivity contribution in [2.75, 3.05) is 0 Å². The zero-order valence-electron chi connectivity index (χ0n) is 29.8. The summed E-state index contributed by atoms with van der Waals surface area (Å²) in [5, 5.41) is 8.10. The summed E-state index contributed by atoms with van der Waals surface area (Å²) in [7, 11) is 0. The fourth-order valence-electron chi connectivity index (χ4n) is 6.36. The standard InChI is InChI=1S/C21H17.C21H23.2CH3.2ClH.Si.Zr/c1-14-12-20-15(2)10-11-19(21(20)13-14)18-9-5-7-16-6-3-4-8-17(16)18;1-13(2)18-11-17-7-6-8-20(21(17)12-18)19-10-9-14(3)15(4)16(19)5;;;;;;/h3-13H,1-2H3;6-13H,1-5H3;2*1H3;2*1H;;/q4*-1;;;;. The van der Waals surface area contributed by atoms with Crippen molar-refractivity contribution in [1.82, 2.24) is 0 Å². The van der Waals surface area contributed by atoms with Crippen LogP contribution in [0.25, 0.3) is 54.6 Å². The molecular weight excluding hydrogens is 719 g/mol. The summed E-state index contributed by atoms with van der Waals surface area (Å²) >= 11 is 1.36. The summed E-state index contributed by atoms with van der Waals surface area (Å²) in [6, 6.07) is 40.1. The quantitative estimate of drug-likeness (QED) is 0.124. The number of benzene rings is 5. The first-order chi connectivity index (χ1) is 21.2. The molecule has 0 aliphatic heterocycles. The van der Waals surface area contributed by atoms with Crippen LogP contribution in [0.2, 0.25) is 0 Å². The Hall–Kier alpha value is -2.74. The van der Waals surface area contributed by atoms with Gasteiger partial charge in [0.25, 0.3) is 0 Å². The Kier molecular flexibility index (Phi) is 17.0. The van der Waals surface area contributed by atoms with Gasteiger partial charge in [0.2, 0.25) is 0 Å². The molecule has 0 N–H and O–H groups in total. The van der Waals surface area contributed by atoms with Crippen LogP contribution in [0, 0.1) is 49.5 Å². The number of aryl methyl sites for hydroxylation is 3. The van der Waals surface area contributed by atoms with Crippen LogP contribution in [0.1, 0.15) is 53.1 Å². The predicted octanol–water partition coefficient (Wildman–Crippen LogP) is 13.6. The summed E-state index contributed by atoms with van der Waals surface area (Å²) in [6.07, 6.45) is 0. The average Bonchev–Trinajstić information content (AvgIpc) is 3.66. The van der Waals surface area contributed by atoms with Crippen LogP contribution in [0.5, 0.6) is 0 Å². The number of rotatable bonds is 3. The van der Waals surface area contributed by atoms with Crippen molar-refractivity contribution in [3.05, 3.63) is 157 Å². The fraction of sp³-hybridized carbons (Fsp3) is 0.182. The molecule has 7 aromatic carbocycles. The summed E-state index contributed by atoms with van der Waals surface area (Å²) in [6.45, 7) is 18.6. The van der Waals surface area contributed by atoms with Gasteiger partial charge in [-0.1, -0.05) is 106 Å². The van der Waals surface area contributed by atoms with Crippen LogP contribution in [0.3, 0.4) is 0 Å². The third-order valence-electron chi connectivity index (χ3n) is 9.12. The van der Waals surface area contributed by atoms with Crippen LogP contribution in [-0.4, -0.2) is 6.88 Å². The van der Waals surface area contributed by atoms with E-state index in [0.29, 0.717) is 5.92 Å². The fourth-order valence-corrected chi connectivity index (χ4v) is 6.36. The summed E-state index contributed by atoms with van der Waals surface area (Å²) < 4.78 is 0. The number of fused-ring (bicyclic) bond motifs is 3. The topological polar surface area (TPSA) is 0 Å². The van der Waals surface area contributed by atoms with Gasteiger partial charge in [0.15, 0.2) is 0 Å². The second-order valence-corrected chi connectivity index (χ2v) is 12.2. The van der Waals surface area contributed by atoms with Crippen molar-refractivity contribution in [2.24, 2.45) is 0 Å². The second-order valence-electron chi connectivity index (χ2n) is 12.2. The Morgan fingerprint density at radius 2 is 1.10 bits per heavy atom. The number of hydrogen-bond acceptors (Lipinski definition) is 0. The van der Waals surface area contributed by atoms with Crippen molar-refractivity contribution >= 4 is 64.0 Å². The molecular formula is C44H48Cl2SiZr-4. The van der Waals surface area contributed by atoms with Gasteiger partial charge in [-0.05, 0) is 65.3 Å². The van der Waals surface area contributed by atoms with E-state index in [1.165, 1.54) is 111 Å². The molecule has 0 heterocycles. The van der Waals surface area contributed by atoms with Gasteiger partial charge in [-0.2, -0.15) is 12.1 Å².